The van der Waals surface area contributed by atoms with Gasteiger partial charge in [-0.05, 0) is 25.8 Å². The fourth-order valence-corrected chi connectivity index (χ4v) is 3.06. The van der Waals surface area contributed by atoms with Gasteiger partial charge in [0.05, 0.1) is 0 Å². The van der Waals surface area contributed by atoms with Gasteiger partial charge in [-0.25, -0.2) is 0 Å². The second kappa shape index (κ2) is 21.3. The number of hydrogen-bond donors (Lipinski definition) is 4. The minimum Gasteiger partial charge on any atom is -0.480 e. The van der Waals surface area contributed by atoms with E-state index in [2.05, 4.69) is 17.2 Å². The molecule has 0 radical (unpaired) electrons. The van der Waals surface area contributed by atoms with Crippen molar-refractivity contribution in [2.75, 3.05) is 13.1 Å². The molecule has 0 spiro atoms. The van der Waals surface area contributed by atoms with E-state index in [1.54, 1.807) is 0 Å². The number of halogens is 1. The van der Waals surface area contributed by atoms with Gasteiger partial charge in [0, 0.05) is 6.54 Å². The molecule has 0 aliphatic heterocycles. The van der Waals surface area contributed by atoms with Gasteiger partial charge in [-0.2, -0.15) is 0 Å². The predicted octanol–water partition coefficient (Wildman–Crippen LogP) is 4.21. The number of nitrogens with two attached hydrogens (primary N) is 2. The van der Waals surface area contributed by atoms with Crippen LogP contribution in [0, 0.1) is 0 Å². The van der Waals surface area contributed by atoms with Crippen LogP contribution in [0.1, 0.15) is 96.8 Å². The normalized spacial score (nSPS) is 11.6. The maximum Gasteiger partial charge on any atom is 0.320 e. The fourth-order valence-electron chi connectivity index (χ4n) is 3.06. The Morgan fingerprint density at radius 3 is 1.81 bits per heavy atom. The highest BCUT2D eigenvalue weighted by atomic mass is 35.5. The van der Waals surface area contributed by atoms with E-state index in [4.69, 9.17) is 11.5 Å². The first kappa shape index (κ1) is 28.2. The van der Waals surface area contributed by atoms with Crippen LogP contribution >= 0.6 is 12.4 Å². The van der Waals surface area contributed by atoms with Crippen molar-refractivity contribution < 1.29 is 9.90 Å². The third-order valence-corrected chi connectivity index (χ3v) is 4.66. The average Bonchev–Trinajstić information content (AvgIpc) is 2.60. The summed E-state index contributed by atoms with van der Waals surface area (Å²) in [7, 11) is 0. The van der Waals surface area contributed by atoms with E-state index in [9.17, 15) is 9.90 Å². The highest BCUT2D eigenvalue weighted by Gasteiger charge is 2.15. The van der Waals surface area contributed by atoms with Crippen molar-refractivity contribution in [3.63, 3.8) is 0 Å². The van der Waals surface area contributed by atoms with Gasteiger partial charge in [-0.15, -0.1) is 12.4 Å². The molecule has 0 aromatic heterocycles. The standard InChI is InChI=1S/C20H42N4O2.ClH/c1-2-3-4-5-6-7-8-9-10-11-12-13-16-23-18(19(25)26)15-14-17-24-20(21)22;/h18,23H,2-17H2,1H3,(H,25,26)(H4,21,22,24);1H/t18-;/m0./s1. The number of carbonyl (C=O) groups is 1. The minimum atomic E-state index is -0.798. The topological polar surface area (TPSA) is 114 Å². The number of aliphatic carboxylic acids is 1. The number of carboxylic acid groups (broad SMARTS) is 1. The van der Waals surface area contributed by atoms with E-state index >= 15 is 0 Å². The van der Waals surface area contributed by atoms with E-state index in [-0.39, 0.29) is 18.4 Å². The quantitative estimate of drug-likeness (QED) is 0.146. The molecule has 0 aliphatic rings. The van der Waals surface area contributed by atoms with Gasteiger partial charge in [0.1, 0.15) is 6.04 Å². The minimum absolute atomic E-state index is 0. The highest BCUT2D eigenvalue weighted by Crippen LogP contribution is 2.11. The third-order valence-electron chi connectivity index (χ3n) is 4.66. The van der Waals surface area contributed by atoms with Crippen LogP contribution < -0.4 is 16.8 Å². The Hall–Kier alpha value is -1.01. The SMILES string of the molecule is CCCCCCCCCCCCCCN[C@@H](CCCN=C(N)N)C(=O)O.Cl. The Bertz CT molecular complexity index is 364. The monoisotopic (exact) mass is 406 g/mol. The summed E-state index contributed by atoms with van der Waals surface area (Å²) >= 11 is 0. The first-order valence-corrected chi connectivity index (χ1v) is 10.6. The molecule has 0 saturated carbocycles. The summed E-state index contributed by atoms with van der Waals surface area (Å²) in [6.45, 7) is 3.50. The third kappa shape index (κ3) is 21.2. The number of rotatable bonds is 19. The molecular formula is C20H43ClN4O2. The smallest absolute Gasteiger partial charge is 0.320 e. The molecule has 0 aromatic carbocycles. The molecule has 1 atom stereocenters. The van der Waals surface area contributed by atoms with E-state index in [0.29, 0.717) is 19.4 Å². The summed E-state index contributed by atoms with van der Waals surface area (Å²) in [5.74, 6) is -0.741. The highest BCUT2D eigenvalue weighted by molar-refractivity contribution is 5.85. The van der Waals surface area contributed by atoms with E-state index in [0.717, 1.165) is 13.0 Å². The van der Waals surface area contributed by atoms with Crippen LogP contribution in [0.15, 0.2) is 4.99 Å². The molecule has 0 aromatic rings. The number of aliphatic imine (C=N–C) groups is 1. The maximum atomic E-state index is 11.2. The van der Waals surface area contributed by atoms with Crippen LogP contribution in [0.3, 0.4) is 0 Å². The lowest BCUT2D eigenvalue weighted by Gasteiger charge is -2.13. The van der Waals surface area contributed by atoms with Crippen LogP contribution in [0.4, 0.5) is 0 Å². The largest absolute Gasteiger partial charge is 0.480 e. The zero-order valence-corrected chi connectivity index (χ0v) is 18.1. The molecule has 0 saturated heterocycles. The Morgan fingerprint density at radius 1 is 0.889 bits per heavy atom. The molecule has 0 bridgehead atoms. The van der Waals surface area contributed by atoms with E-state index < -0.39 is 12.0 Å². The Morgan fingerprint density at radius 2 is 1.37 bits per heavy atom. The number of nitrogens with zero attached hydrogens (tertiary/aromatic N) is 1. The second-order valence-corrected chi connectivity index (χ2v) is 7.18. The lowest BCUT2D eigenvalue weighted by molar-refractivity contribution is -0.139. The molecule has 7 heteroatoms. The summed E-state index contributed by atoms with van der Waals surface area (Å²) in [6, 6.07) is -0.503. The molecule has 0 aliphatic carbocycles. The number of guanidine groups is 1. The predicted molar refractivity (Wildman–Crippen MR) is 118 cm³/mol. The molecule has 6 nitrogen and oxygen atoms in total. The van der Waals surface area contributed by atoms with Crippen LogP contribution in [0.25, 0.3) is 0 Å². The molecule has 27 heavy (non-hydrogen) atoms. The first-order valence-electron chi connectivity index (χ1n) is 10.6. The molecule has 0 unspecified atom stereocenters. The zero-order valence-electron chi connectivity index (χ0n) is 17.3. The molecule has 0 heterocycles. The summed E-state index contributed by atoms with van der Waals surface area (Å²) in [4.78, 5) is 15.1. The van der Waals surface area contributed by atoms with Gasteiger partial charge >= 0.3 is 5.97 Å². The van der Waals surface area contributed by atoms with Gasteiger partial charge in [0.15, 0.2) is 5.96 Å². The van der Waals surface area contributed by atoms with Crippen molar-refractivity contribution in [3.05, 3.63) is 0 Å². The van der Waals surface area contributed by atoms with Gasteiger partial charge in [-0.1, -0.05) is 77.6 Å². The molecule has 0 fully saturated rings. The Labute approximate surface area is 172 Å². The van der Waals surface area contributed by atoms with Crippen LogP contribution in [-0.4, -0.2) is 36.2 Å². The number of unbranched alkanes of at least 4 members (excludes halogenated alkanes) is 11. The zero-order chi connectivity index (χ0) is 19.5. The second-order valence-electron chi connectivity index (χ2n) is 7.18. The maximum absolute atomic E-state index is 11.2. The summed E-state index contributed by atoms with van der Waals surface area (Å²) in [5.41, 5.74) is 10.5. The molecule has 0 amide bonds. The first-order chi connectivity index (χ1) is 12.6. The average molecular weight is 407 g/mol. The number of nitrogens with one attached hydrogen (secondary N) is 1. The molecule has 6 N–H and O–H groups in total. The molecule has 162 valence electrons. The van der Waals surface area contributed by atoms with Crippen LogP contribution in [-0.2, 0) is 4.79 Å². The van der Waals surface area contributed by atoms with Gasteiger partial charge < -0.3 is 21.9 Å². The van der Waals surface area contributed by atoms with Crippen molar-refractivity contribution in [2.45, 2.75) is 103 Å². The van der Waals surface area contributed by atoms with Gasteiger partial charge in [-0.3, -0.25) is 9.79 Å². The number of carboxylic acids is 1. The van der Waals surface area contributed by atoms with E-state index in [1.165, 1.54) is 70.6 Å². The van der Waals surface area contributed by atoms with E-state index in [1.807, 2.05) is 0 Å². The van der Waals surface area contributed by atoms with Crippen LogP contribution in [0.2, 0.25) is 0 Å². The summed E-state index contributed by atoms with van der Waals surface area (Å²) in [6.07, 6.45) is 16.9. The van der Waals surface area contributed by atoms with Crippen molar-refractivity contribution in [1.29, 1.82) is 0 Å². The van der Waals surface area contributed by atoms with Crippen molar-refractivity contribution in [1.82, 2.24) is 5.32 Å². The van der Waals surface area contributed by atoms with Crippen LogP contribution in [0.5, 0.6) is 0 Å². The molecular weight excluding hydrogens is 364 g/mol. The fraction of sp³-hybridized carbons (Fsp3) is 0.900. The number of hydrogen-bond acceptors (Lipinski definition) is 3. The Kier molecular flexibility index (Phi) is 22.2. The van der Waals surface area contributed by atoms with Crippen molar-refractivity contribution in [3.8, 4) is 0 Å². The Balaban J connectivity index is 0. The molecule has 0 rings (SSSR count). The van der Waals surface area contributed by atoms with Crippen molar-refractivity contribution >= 4 is 24.3 Å². The lowest BCUT2D eigenvalue weighted by Crippen LogP contribution is -2.37. The van der Waals surface area contributed by atoms with Gasteiger partial charge in [0.25, 0.3) is 0 Å². The lowest BCUT2D eigenvalue weighted by atomic mass is 10.1. The van der Waals surface area contributed by atoms with Crippen molar-refractivity contribution in [2.24, 2.45) is 16.5 Å². The summed E-state index contributed by atoms with van der Waals surface area (Å²) in [5, 5.41) is 12.4. The van der Waals surface area contributed by atoms with Gasteiger partial charge in [0.2, 0.25) is 0 Å². The summed E-state index contributed by atoms with van der Waals surface area (Å²) < 4.78 is 0.